The normalized spacial score (nSPS) is 19.8. The minimum Gasteiger partial charge on any atom is -0.380 e. The van der Waals surface area contributed by atoms with Crippen LogP contribution in [0.4, 0.5) is 0 Å². The lowest BCUT2D eigenvalue weighted by molar-refractivity contribution is -0.0109. The van der Waals surface area contributed by atoms with Crippen molar-refractivity contribution in [2.24, 2.45) is 5.92 Å². The van der Waals surface area contributed by atoms with Crippen molar-refractivity contribution in [3.63, 3.8) is 0 Å². The number of nitrogens with zero attached hydrogens (tertiary/aromatic N) is 1. The lowest BCUT2D eigenvalue weighted by Crippen LogP contribution is -2.43. The minimum atomic E-state index is -0.951. The summed E-state index contributed by atoms with van der Waals surface area (Å²) >= 11 is 6.02. The fourth-order valence-corrected chi connectivity index (χ4v) is 3.59. The van der Waals surface area contributed by atoms with Crippen LogP contribution in [0.25, 0.3) is 0 Å². The SMILES string of the molecule is CN1CCC([C@](O)(c2ccccc2)c2ccc(Cl)cc2)CC1. The maximum atomic E-state index is 11.7. The summed E-state index contributed by atoms with van der Waals surface area (Å²) in [4.78, 5) is 2.32. The van der Waals surface area contributed by atoms with Gasteiger partial charge in [-0.1, -0.05) is 54.1 Å². The van der Waals surface area contributed by atoms with E-state index in [9.17, 15) is 5.11 Å². The van der Waals surface area contributed by atoms with Crippen LogP contribution in [0.5, 0.6) is 0 Å². The molecule has 1 fully saturated rings. The Hall–Kier alpha value is -1.35. The van der Waals surface area contributed by atoms with Gasteiger partial charge in [0.15, 0.2) is 0 Å². The van der Waals surface area contributed by atoms with E-state index in [4.69, 9.17) is 11.6 Å². The van der Waals surface area contributed by atoms with Gasteiger partial charge in [0.05, 0.1) is 0 Å². The van der Waals surface area contributed by atoms with Gasteiger partial charge in [-0.05, 0) is 62.2 Å². The molecule has 1 aliphatic rings. The van der Waals surface area contributed by atoms with Gasteiger partial charge >= 0.3 is 0 Å². The molecule has 1 saturated heterocycles. The van der Waals surface area contributed by atoms with Crippen molar-refractivity contribution in [1.29, 1.82) is 0 Å². The lowest BCUT2D eigenvalue weighted by Gasteiger charge is -2.41. The molecule has 2 nitrogen and oxygen atoms in total. The van der Waals surface area contributed by atoms with Gasteiger partial charge in [0.2, 0.25) is 0 Å². The van der Waals surface area contributed by atoms with Crippen molar-refractivity contribution in [3.05, 3.63) is 70.7 Å². The molecule has 0 radical (unpaired) electrons. The van der Waals surface area contributed by atoms with E-state index >= 15 is 0 Å². The second kappa shape index (κ2) is 6.41. The van der Waals surface area contributed by atoms with E-state index in [0.717, 1.165) is 37.1 Å². The van der Waals surface area contributed by atoms with E-state index in [0.29, 0.717) is 5.02 Å². The Kier molecular flexibility index (Phi) is 4.53. The van der Waals surface area contributed by atoms with Crippen LogP contribution in [0, 0.1) is 5.92 Å². The van der Waals surface area contributed by atoms with Crippen LogP contribution in [0.3, 0.4) is 0 Å². The highest BCUT2D eigenvalue weighted by Gasteiger charge is 2.41. The van der Waals surface area contributed by atoms with Crippen LogP contribution in [-0.2, 0) is 5.60 Å². The van der Waals surface area contributed by atoms with E-state index in [1.165, 1.54) is 0 Å². The van der Waals surface area contributed by atoms with Crippen LogP contribution in [-0.4, -0.2) is 30.1 Å². The van der Waals surface area contributed by atoms with Crippen molar-refractivity contribution in [1.82, 2.24) is 4.90 Å². The molecule has 2 aromatic rings. The predicted molar refractivity (Wildman–Crippen MR) is 91.1 cm³/mol. The molecule has 0 aromatic heterocycles. The van der Waals surface area contributed by atoms with Crippen molar-refractivity contribution in [3.8, 4) is 0 Å². The number of halogens is 1. The first-order valence-electron chi connectivity index (χ1n) is 7.83. The number of hydrogen-bond acceptors (Lipinski definition) is 2. The van der Waals surface area contributed by atoms with Crippen LogP contribution >= 0.6 is 11.6 Å². The summed E-state index contributed by atoms with van der Waals surface area (Å²) in [6.07, 6.45) is 1.98. The first kappa shape index (κ1) is 15.5. The molecule has 0 spiro atoms. The Balaban J connectivity index is 2.04. The van der Waals surface area contributed by atoms with Crippen LogP contribution in [0.1, 0.15) is 24.0 Å². The highest BCUT2D eigenvalue weighted by Crippen LogP contribution is 2.41. The molecule has 2 aromatic carbocycles. The number of benzene rings is 2. The molecule has 1 heterocycles. The fourth-order valence-electron chi connectivity index (χ4n) is 3.46. The molecule has 1 atom stereocenters. The zero-order chi connectivity index (χ0) is 15.6. The second-order valence-electron chi connectivity index (χ2n) is 6.22. The van der Waals surface area contributed by atoms with Gasteiger partial charge in [-0.3, -0.25) is 0 Å². The third-order valence-electron chi connectivity index (χ3n) is 4.81. The number of hydrogen-bond donors (Lipinski definition) is 1. The first-order chi connectivity index (χ1) is 10.6. The van der Waals surface area contributed by atoms with Crippen LogP contribution in [0.15, 0.2) is 54.6 Å². The first-order valence-corrected chi connectivity index (χ1v) is 8.21. The Labute approximate surface area is 137 Å². The van der Waals surface area contributed by atoms with E-state index in [2.05, 4.69) is 11.9 Å². The summed E-state index contributed by atoms with van der Waals surface area (Å²) in [5.74, 6) is 0.215. The molecule has 22 heavy (non-hydrogen) atoms. The molecule has 1 N–H and O–H groups in total. The summed E-state index contributed by atoms with van der Waals surface area (Å²) in [5.41, 5.74) is 0.942. The highest BCUT2D eigenvalue weighted by molar-refractivity contribution is 6.30. The molecule has 3 rings (SSSR count). The Bertz CT molecular complexity index is 605. The van der Waals surface area contributed by atoms with Gasteiger partial charge in [-0.25, -0.2) is 0 Å². The largest absolute Gasteiger partial charge is 0.380 e. The Morgan fingerprint density at radius 3 is 2.09 bits per heavy atom. The molecule has 0 aliphatic carbocycles. The van der Waals surface area contributed by atoms with Crippen molar-refractivity contribution >= 4 is 11.6 Å². The topological polar surface area (TPSA) is 23.5 Å². The third kappa shape index (κ3) is 2.91. The Morgan fingerprint density at radius 2 is 1.50 bits per heavy atom. The second-order valence-corrected chi connectivity index (χ2v) is 6.65. The number of aliphatic hydroxyl groups is 1. The molecule has 0 amide bonds. The van der Waals surface area contributed by atoms with E-state index < -0.39 is 5.60 Å². The number of likely N-dealkylation sites (tertiary alicyclic amines) is 1. The molecule has 0 bridgehead atoms. The van der Waals surface area contributed by atoms with Crippen LogP contribution < -0.4 is 0 Å². The maximum absolute atomic E-state index is 11.7. The summed E-state index contributed by atoms with van der Waals surface area (Å²) in [7, 11) is 2.14. The van der Waals surface area contributed by atoms with Gasteiger partial charge in [0, 0.05) is 5.02 Å². The quantitative estimate of drug-likeness (QED) is 0.928. The average Bonchev–Trinajstić information content (AvgIpc) is 2.56. The van der Waals surface area contributed by atoms with Crippen molar-refractivity contribution < 1.29 is 5.11 Å². The fraction of sp³-hybridized carbons (Fsp3) is 0.368. The smallest absolute Gasteiger partial charge is 0.117 e. The number of rotatable bonds is 3. The van der Waals surface area contributed by atoms with E-state index in [1.54, 1.807) is 0 Å². The van der Waals surface area contributed by atoms with Gasteiger partial charge in [0.1, 0.15) is 5.60 Å². The average molecular weight is 316 g/mol. The number of piperidine rings is 1. The lowest BCUT2D eigenvalue weighted by atomic mass is 9.72. The summed E-state index contributed by atoms with van der Waals surface area (Å²) in [5, 5.41) is 12.4. The van der Waals surface area contributed by atoms with Crippen molar-refractivity contribution in [2.45, 2.75) is 18.4 Å². The molecular weight excluding hydrogens is 294 g/mol. The summed E-state index contributed by atoms with van der Waals surface area (Å²) < 4.78 is 0. The summed E-state index contributed by atoms with van der Waals surface area (Å²) in [6.45, 7) is 2.04. The zero-order valence-electron chi connectivity index (χ0n) is 12.9. The molecule has 0 unspecified atom stereocenters. The standard InChI is InChI=1S/C19H22ClNO/c1-21-13-11-17(12-14-21)19(22,15-5-3-2-4-6-15)16-7-9-18(20)10-8-16/h2-10,17,22H,11-14H2,1H3/t19-/m0/s1. The van der Waals surface area contributed by atoms with Crippen LogP contribution in [0.2, 0.25) is 5.02 Å². The van der Waals surface area contributed by atoms with Gasteiger partial charge < -0.3 is 10.0 Å². The molecule has 0 saturated carbocycles. The predicted octanol–water partition coefficient (Wildman–Crippen LogP) is 3.92. The van der Waals surface area contributed by atoms with Crippen molar-refractivity contribution in [2.75, 3.05) is 20.1 Å². The van der Waals surface area contributed by atoms with E-state index in [1.807, 2.05) is 54.6 Å². The third-order valence-corrected chi connectivity index (χ3v) is 5.06. The maximum Gasteiger partial charge on any atom is 0.117 e. The van der Waals surface area contributed by atoms with Gasteiger partial charge in [-0.15, -0.1) is 0 Å². The van der Waals surface area contributed by atoms with Gasteiger partial charge in [0.25, 0.3) is 0 Å². The minimum absolute atomic E-state index is 0.215. The van der Waals surface area contributed by atoms with E-state index in [-0.39, 0.29) is 5.92 Å². The zero-order valence-corrected chi connectivity index (χ0v) is 13.6. The monoisotopic (exact) mass is 315 g/mol. The molecule has 3 heteroatoms. The summed E-state index contributed by atoms with van der Waals surface area (Å²) in [6, 6.07) is 17.6. The Morgan fingerprint density at radius 1 is 0.955 bits per heavy atom. The molecule has 116 valence electrons. The molecular formula is C19H22ClNO. The molecule has 1 aliphatic heterocycles. The van der Waals surface area contributed by atoms with Gasteiger partial charge in [-0.2, -0.15) is 0 Å². The highest BCUT2D eigenvalue weighted by atomic mass is 35.5.